The maximum atomic E-state index is 11.3. The highest BCUT2D eigenvalue weighted by Crippen LogP contribution is 2.45. The van der Waals surface area contributed by atoms with Crippen molar-refractivity contribution in [3.05, 3.63) is 53.6 Å². The number of benzene rings is 2. The van der Waals surface area contributed by atoms with Gasteiger partial charge in [-0.2, -0.15) is 0 Å². The van der Waals surface area contributed by atoms with Gasteiger partial charge in [-0.05, 0) is 25.1 Å². The molecule has 2 aromatic rings. The second-order valence-electron chi connectivity index (χ2n) is 5.84. The van der Waals surface area contributed by atoms with Gasteiger partial charge in [0.1, 0.15) is 12.7 Å². The number of aryl methyl sites for hydroxylation is 1. The summed E-state index contributed by atoms with van der Waals surface area (Å²) in [6.07, 6.45) is -0.0946. The van der Waals surface area contributed by atoms with Crippen molar-refractivity contribution in [1.29, 1.82) is 0 Å². The summed E-state index contributed by atoms with van der Waals surface area (Å²) in [5, 5.41) is 16.3. The van der Waals surface area contributed by atoms with Crippen LogP contribution >= 0.6 is 0 Å². The Labute approximate surface area is 128 Å². The molecule has 2 aliphatic rings. The first-order valence-corrected chi connectivity index (χ1v) is 7.34. The fourth-order valence-corrected chi connectivity index (χ4v) is 3.39. The maximum absolute atomic E-state index is 11.3. The number of carbonyl (C=O) groups is 1. The molecule has 0 radical (unpaired) electrons. The molecule has 2 heterocycles. The number of anilines is 3. The van der Waals surface area contributed by atoms with Crippen LogP contribution in [-0.4, -0.2) is 23.8 Å². The van der Waals surface area contributed by atoms with E-state index in [1.807, 2.05) is 41.3 Å². The lowest BCUT2D eigenvalue weighted by Gasteiger charge is -2.36. The fourth-order valence-electron chi connectivity index (χ4n) is 3.39. The number of carboxylic acids is 1. The highest BCUT2D eigenvalue weighted by molar-refractivity contribution is 5.81. The standard InChI is InChI=1S/C17H17N3O2/c1-10-6-7-14-11(8-10)16-17(20(14)9-15(21)22)19-13-5-3-2-4-12(13)18-16/h2-8,16-19H,9H2,1H3,(H,21,22). The highest BCUT2D eigenvalue weighted by atomic mass is 16.4. The van der Waals surface area contributed by atoms with Crippen molar-refractivity contribution in [1.82, 2.24) is 0 Å². The minimum absolute atomic E-state index is 0.0198. The molecule has 112 valence electrons. The molecular weight excluding hydrogens is 278 g/mol. The highest BCUT2D eigenvalue weighted by Gasteiger charge is 2.42. The predicted molar refractivity (Wildman–Crippen MR) is 86.4 cm³/mol. The van der Waals surface area contributed by atoms with Gasteiger partial charge in [0.05, 0.1) is 17.4 Å². The Balaban J connectivity index is 1.81. The second-order valence-corrected chi connectivity index (χ2v) is 5.84. The molecule has 0 spiro atoms. The Hall–Kier alpha value is -2.69. The monoisotopic (exact) mass is 295 g/mol. The normalized spacial score (nSPS) is 21.2. The van der Waals surface area contributed by atoms with Crippen LogP contribution in [-0.2, 0) is 4.79 Å². The van der Waals surface area contributed by atoms with Crippen LogP contribution in [0.4, 0.5) is 17.1 Å². The zero-order chi connectivity index (χ0) is 15.3. The summed E-state index contributed by atoms with van der Waals surface area (Å²) < 4.78 is 0. The van der Waals surface area contributed by atoms with Gasteiger partial charge in [-0.1, -0.05) is 29.8 Å². The second kappa shape index (κ2) is 4.66. The van der Waals surface area contributed by atoms with Gasteiger partial charge in [-0.15, -0.1) is 0 Å². The molecule has 0 aliphatic carbocycles. The average molecular weight is 295 g/mol. The number of para-hydroxylation sites is 2. The smallest absolute Gasteiger partial charge is 0.323 e. The molecule has 0 bridgehead atoms. The summed E-state index contributed by atoms with van der Waals surface area (Å²) in [4.78, 5) is 13.2. The van der Waals surface area contributed by atoms with E-state index in [0.29, 0.717) is 0 Å². The van der Waals surface area contributed by atoms with Crippen molar-refractivity contribution in [2.45, 2.75) is 19.1 Å². The summed E-state index contributed by atoms with van der Waals surface area (Å²) in [7, 11) is 0. The first-order chi connectivity index (χ1) is 10.6. The van der Waals surface area contributed by atoms with Crippen LogP contribution in [0.15, 0.2) is 42.5 Å². The van der Waals surface area contributed by atoms with Gasteiger partial charge < -0.3 is 20.6 Å². The molecule has 4 rings (SSSR count). The van der Waals surface area contributed by atoms with E-state index in [2.05, 4.69) is 23.6 Å². The Bertz CT molecular complexity index is 759. The minimum atomic E-state index is -0.826. The van der Waals surface area contributed by atoms with E-state index in [1.165, 1.54) is 5.56 Å². The molecule has 2 atom stereocenters. The molecule has 3 N–H and O–H groups in total. The Kier molecular flexibility index (Phi) is 2.76. The maximum Gasteiger partial charge on any atom is 0.323 e. The summed E-state index contributed by atoms with van der Waals surface area (Å²) in [6.45, 7) is 2.04. The third-order valence-electron chi connectivity index (χ3n) is 4.33. The van der Waals surface area contributed by atoms with Crippen LogP contribution in [0.3, 0.4) is 0 Å². The molecule has 0 saturated carbocycles. The molecule has 0 aromatic heterocycles. The molecule has 2 aliphatic heterocycles. The third-order valence-corrected chi connectivity index (χ3v) is 4.33. The van der Waals surface area contributed by atoms with E-state index in [4.69, 9.17) is 0 Å². The van der Waals surface area contributed by atoms with Gasteiger partial charge in [-0.3, -0.25) is 4.79 Å². The van der Waals surface area contributed by atoms with Crippen molar-refractivity contribution >= 4 is 23.0 Å². The molecule has 2 aromatic carbocycles. The molecule has 22 heavy (non-hydrogen) atoms. The lowest BCUT2D eigenvalue weighted by atomic mass is 10.0. The van der Waals surface area contributed by atoms with Crippen molar-refractivity contribution < 1.29 is 9.90 Å². The van der Waals surface area contributed by atoms with Gasteiger partial charge in [-0.25, -0.2) is 0 Å². The number of nitrogens with one attached hydrogen (secondary N) is 2. The van der Waals surface area contributed by atoms with Gasteiger partial charge in [0.2, 0.25) is 0 Å². The fraction of sp³-hybridized carbons (Fsp3) is 0.235. The van der Waals surface area contributed by atoms with Gasteiger partial charge >= 0.3 is 5.97 Å². The quantitative estimate of drug-likeness (QED) is 0.795. The zero-order valence-corrected chi connectivity index (χ0v) is 12.2. The number of hydrogen-bond acceptors (Lipinski definition) is 4. The van der Waals surface area contributed by atoms with Crippen LogP contribution in [0.2, 0.25) is 0 Å². The summed E-state index contributed by atoms with van der Waals surface area (Å²) in [5.41, 5.74) is 5.36. The first kappa shape index (κ1) is 13.0. The van der Waals surface area contributed by atoms with Crippen LogP contribution in [0.5, 0.6) is 0 Å². The zero-order valence-electron chi connectivity index (χ0n) is 12.2. The largest absolute Gasteiger partial charge is 0.480 e. The van der Waals surface area contributed by atoms with E-state index < -0.39 is 5.97 Å². The van der Waals surface area contributed by atoms with Gasteiger partial charge in [0, 0.05) is 11.3 Å². The number of aliphatic carboxylic acids is 1. The topological polar surface area (TPSA) is 64.6 Å². The molecule has 5 nitrogen and oxygen atoms in total. The van der Waals surface area contributed by atoms with Crippen molar-refractivity contribution in [2.24, 2.45) is 0 Å². The Morgan fingerprint density at radius 3 is 2.64 bits per heavy atom. The predicted octanol–water partition coefficient (Wildman–Crippen LogP) is 2.80. The van der Waals surface area contributed by atoms with Crippen LogP contribution in [0, 0.1) is 6.92 Å². The van der Waals surface area contributed by atoms with E-state index in [-0.39, 0.29) is 18.8 Å². The van der Waals surface area contributed by atoms with Gasteiger partial charge in [0.25, 0.3) is 0 Å². The van der Waals surface area contributed by atoms with Crippen LogP contribution in [0.25, 0.3) is 0 Å². The first-order valence-electron chi connectivity index (χ1n) is 7.34. The summed E-state index contributed by atoms with van der Waals surface area (Å²) in [5.74, 6) is -0.826. The lowest BCUT2D eigenvalue weighted by Crippen LogP contribution is -2.47. The Morgan fingerprint density at radius 1 is 1.18 bits per heavy atom. The average Bonchev–Trinajstić information content (AvgIpc) is 2.78. The number of nitrogens with zero attached hydrogens (tertiary/aromatic N) is 1. The summed E-state index contributed by atoms with van der Waals surface area (Å²) in [6, 6.07) is 14.2. The van der Waals surface area contributed by atoms with Crippen molar-refractivity contribution in [3.8, 4) is 0 Å². The van der Waals surface area contributed by atoms with Crippen LogP contribution in [0.1, 0.15) is 17.2 Å². The number of fused-ring (bicyclic) bond motifs is 4. The molecular formula is C17H17N3O2. The van der Waals surface area contributed by atoms with Crippen molar-refractivity contribution in [2.75, 3.05) is 22.1 Å². The number of hydrogen-bond donors (Lipinski definition) is 3. The van der Waals surface area contributed by atoms with Crippen molar-refractivity contribution in [3.63, 3.8) is 0 Å². The summed E-state index contributed by atoms with van der Waals surface area (Å²) >= 11 is 0. The number of carboxylic acid groups (broad SMARTS) is 1. The lowest BCUT2D eigenvalue weighted by molar-refractivity contribution is -0.135. The number of rotatable bonds is 2. The van der Waals surface area contributed by atoms with E-state index in [1.54, 1.807) is 0 Å². The van der Waals surface area contributed by atoms with E-state index in [9.17, 15) is 9.90 Å². The van der Waals surface area contributed by atoms with E-state index in [0.717, 1.165) is 22.6 Å². The molecule has 2 unspecified atom stereocenters. The molecule has 5 heteroatoms. The molecule has 0 saturated heterocycles. The third kappa shape index (κ3) is 1.89. The van der Waals surface area contributed by atoms with E-state index >= 15 is 0 Å². The molecule has 0 fully saturated rings. The Morgan fingerprint density at radius 2 is 1.91 bits per heavy atom. The van der Waals surface area contributed by atoms with Gasteiger partial charge in [0.15, 0.2) is 0 Å². The van der Waals surface area contributed by atoms with Crippen LogP contribution < -0.4 is 15.5 Å². The molecule has 0 amide bonds. The SMILES string of the molecule is Cc1ccc2c(c1)C1Nc3ccccc3NC1N2CC(=O)O. The minimum Gasteiger partial charge on any atom is -0.480 e.